The van der Waals surface area contributed by atoms with Crippen molar-refractivity contribution in [2.75, 3.05) is 27.2 Å². The molecular weight excluding hydrogens is 752 g/mol. The predicted octanol–water partition coefficient (Wildman–Crippen LogP) is 4.19. The van der Waals surface area contributed by atoms with E-state index in [1.807, 2.05) is 30.2 Å². The molecule has 5 N–H and O–H groups in total. The lowest BCUT2D eigenvalue weighted by molar-refractivity contribution is -0.139. The predicted molar refractivity (Wildman–Crippen MR) is 216 cm³/mol. The van der Waals surface area contributed by atoms with Crippen molar-refractivity contribution in [3.05, 3.63) is 53.6 Å². The summed E-state index contributed by atoms with van der Waals surface area (Å²) in [7, 11) is 3.32. The van der Waals surface area contributed by atoms with Gasteiger partial charge in [-0.25, -0.2) is 18.2 Å². The molecule has 2 aromatic heterocycles. The number of carbonyl (C=O) groups excluding carboxylic acids is 4. The van der Waals surface area contributed by atoms with Gasteiger partial charge in [0.25, 0.3) is 0 Å². The number of likely N-dealkylation sites (N-methyl/N-ethyl adjacent to an activating group) is 2. The molecule has 16 heteroatoms. The Morgan fingerprint density at radius 1 is 0.897 bits per heavy atom. The number of nitrogens with one attached hydrogen (secondary N) is 5. The van der Waals surface area contributed by atoms with Crippen LogP contribution in [0.15, 0.2) is 36.4 Å². The van der Waals surface area contributed by atoms with Gasteiger partial charge < -0.3 is 40.6 Å². The number of carbonyl (C=O) groups is 4. The molecule has 0 spiro atoms. The van der Waals surface area contributed by atoms with Crippen LogP contribution < -0.4 is 21.3 Å². The summed E-state index contributed by atoms with van der Waals surface area (Å²) in [6.07, 6.45) is 0.921. The largest absolute Gasteiger partial charge is 0.352 e. The molecule has 2 fully saturated rings. The van der Waals surface area contributed by atoms with Crippen LogP contribution in [0.2, 0.25) is 0 Å². The minimum atomic E-state index is -1.32. The van der Waals surface area contributed by atoms with E-state index in [2.05, 4.69) is 26.3 Å². The Morgan fingerprint density at radius 3 is 2.24 bits per heavy atom. The SMILES string of the molecule is CC[C@H](NC(=O)[C@H](C)NC)C(=O)N1CCC[C@H]1Cc1c(-c2nc3cc(F)ccc3n2C[C@@H]2C[C@H](F)CN2C(=O)[C@@H](NC(=O)[C@H](C)NC)C(C)C)[nH]c2cc(F)ccc12. The van der Waals surface area contributed by atoms with Gasteiger partial charge in [-0.1, -0.05) is 20.8 Å². The van der Waals surface area contributed by atoms with E-state index < -0.39 is 53.9 Å². The van der Waals surface area contributed by atoms with Crippen molar-refractivity contribution in [2.24, 2.45) is 5.92 Å². The molecule has 2 aliphatic rings. The smallest absolute Gasteiger partial charge is 0.245 e. The van der Waals surface area contributed by atoms with Crippen LogP contribution in [0.1, 0.15) is 65.9 Å². The number of aromatic nitrogens is 3. The normalized spacial score (nSPS) is 20.5. The first-order valence-electron chi connectivity index (χ1n) is 20.3. The fraction of sp³-hybridized carbons (Fsp3) is 0.548. The van der Waals surface area contributed by atoms with Gasteiger partial charge in [0, 0.05) is 42.5 Å². The van der Waals surface area contributed by atoms with Gasteiger partial charge in [0.15, 0.2) is 5.82 Å². The number of rotatable bonds is 15. The van der Waals surface area contributed by atoms with Crippen molar-refractivity contribution >= 4 is 45.6 Å². The van der Waals surface area contributed by atoms with Gasteiger partial charge in [-0.05, 0) is 95.4 Å². The number of benzene rings is 2. The third-order valence-corrected chi connectivity index (χ3v) is 11.8. The number of fused-ring (bicyclic) bond motifs is 2. The van der Waals surface area contributed by atoms with Gasteiger partial charge in [-0.3, -0.25) is 19.2 Å². The minimum Gasteiger partial charge on any atom is -0.352 e. The molecule has 0 radical (unpaired) electrons. The molecule has 6 rings (SSSR count). The van der Waals surface area contributed by atoms with E-state index in [4.69, 9.17) is 4.98 Å². The van der Waals surface area contributed by atoms with Crippen LogP contribution in [0.25, 0.3) is 33.5 Å². The van der Waals surface area contributed by atoms with E-state index in [0.717, 1.165) is 17.4 Å². The van der Waals surface area contributed by atoms with Crippen molar-refractivity contribution in [1.82, 2.24) is 45.6 Å². The summed E-state index contributed by atoms with van der Waals surface area (Å²) in [5, 5.41) is 12.2. The van der Waals surface area contributed by atoms with E-state index in [0.29, 0.717) is 53.9 Å². The zero-order valence-corrected chi connectivity index (χ0v) is 34.3. The van der Waals surface area contributed by atoms with E-state index in [-0.39, 0.29) is 49.2 Å². The van der Waals surface area contributed by atoms with Crippen LogP contribution in [-0.4, -0.2) is 118 Å². The van der Waals surface area contributed by atoms with Crippen LogP contribution in [-0.2, 0) is 32.1 Å². The van der Waals surface area contributed by atoms with Crippen LogP contribution in [0.4, 0.5) is 13.2 Å². The number of nitrogens with zero attached hydrogens (tertiary/aromatic N) is 4. The third kappa shape index (κ3) is 8.72. The summed E-state index contributed by atoms with van der Waals surface area (Å²) >= 11 is 0. The number of hydrogen-bond donors (Lipinski definition) is 5. The van der Waals surface area contributed by atoms with Gasteiger partial charge >= 0.3 is 0 Å². The topological polar surface area (TPSA) is 156 Å². The molecule has 0 saturated carbocycles. The van der Waals surface area contributed by atoms with E-state index >= 15 is 4.39 Å². The van der Waals surface area contributed by atoms with Crippen molar-refractivity contribution in [2.45, 2.75) is 116 Å². The molecule has 4 amide bonds. The molecule has 0 unspecified atom stereocenters. The average Bonchev–Trinajstić information content (AvgIpc) is 3.98. The lowest BCUT2D eigenvalue weighted by Crippen LogP contribution is -2.55. The van der Waals surface area contributed by atoms with E-state index in [1.165, 1.54) is 29.2 Å². The van der Waals surface area contributed by atoms with Gasteiger partial charge in [0.1, 0.15) is 29.9 Å². The maximum absolute atomic E-state index is 15.4. The lowest BCUT2D eigenvalue weighted by atomic mass is 9.99. The Morgan fingerprint density at radius 2 is 1.57 bits per heavy atom. The van der Waals surface area contributed by atoms with Gasteiger partial charge in [0.2, 0.25) is 23.6 Å². The Hall–Kier alpha value is -4.96. The van der Waals surface area contributed by atoms with Crippen molar-refractivity contribution in [3.8, 4) is 11.5 Å². The molecule has 4 aromatic rings. The maximum atomic E-state index is 15.4. The Kier molecular flexibility index (Phi) is 13.2. The summed E-state index contributed by atoms with van der Waals surface area (Å²) in [6, 6.07) is 5.11. The van der Waals surface area contributed by atoms with Crippen LogP contribution in [0.5, 0.6) is 0 Å². The summed E-state index contributed by atoms with van der Waals surface area (Å²) < 4.78 is 46.8. The molecule has 314 valence electrons. The van der Waals surface area contributed by atoms with E-state index in [9.17, 15) is 28.0 Å². The van der Waals surface area contributed by atoms with Crippen molar-refractivity contribution < 1.29 is 32.3 Å². The second-order valence-corrected chi connectivity index (χ2v) is 16.1. The highest BCUT2D eigenvalue weighted by atomic mass is 19.1. The summed E-state index contributed by atoms with van der Waals surface area (Å²) in [5.74, 6) is -2.07. The quantitative estimate of drug-likeness (QED) is 0.121. The van der Waals surface area contributed by atoms with Crippen LogP contribution in [0.3, 0.4) is 0 Å². The zero-order chi connectivity index (χ0) is 42.0. The first kappa shape index (κ1) is 42.6. The van der Waals surface area contributed by atoms with Gasteiger partial charge in [-0.15, -0.1) is 0 Å². The standard InChI is InChI=1S/C42H56F3N9O4/c1-8-32(50-39(55)23(4)46-6)41(57)52-15-9-10-28(52)19-31-30-13-11-25(43)17-33(30)48-37(31)38-49-34-18-26(44)12-14-35(34)54(38)21-29-16-27(45)20-53(29)42(58)36(22(2)3)51-40(56)24(5)47-7/h11-14,17-18,22-24,27-29,32,36,46-48H,8-10,15-16,19-21H2,1-7H3,(H,50,55)(H,51,56)/t23-,24-,27-,28-,29-,32-,36-/m0/s1. The molecule has 4 heterocycles. The molecule has 2 aliphatic heterocycles. The van der Waals surface area contributed by atoms with Crippen molar-refractivity contribution in [3.63, 3.8) is 0 Å². The van der Waals surface area contributed by atoms with Crippen LogP contribution >= 0.6 is 0 Å². The number of hydrogen-bond acceptors (Lipinski definition) is 7. The number of likely N-dealkylation sites (tertiary alicyclic amines) is 2. The first-order chi connectivity index (χ1) is 27.6. The Bertz CT molecular complexity index is 2150. The molecule has 7 atom stereocenters. The molecule has 58 heavy (non-hydrogen) atoms. The fourth-order valence-electron chi connectivity index (χ4n) is 8.26. The molecule has 0 aliphatic carbocycles. The van der Waals surface area contributed by atoms with Gasteiger partial charge in [0.05, 0.1) is 41.4 Å². The second kappa shape index (κ2) is 17.9. The monoisotopic (exact) mass is 807 g/mol. The van der Waals surface area contributed by atoms with Crippen molar-refractivity contribution in [1.29, 1.82) is 0 Å². The number of alkyl halides is 1. The highest BCUT2D eigenvalue weighted by molar-refractivity contribution is 5.93. The molecular formula is C42H56F3N9O4. The second-order valence-electron chi connectivity index (χ2n) is 16.1. The fourth-order valence-corrected chi connectivity index (χ4v) is 8.26. The lowest BCUT2D eigenvalue weighted by Gasteiger charge is -2.32. The Labute approximate surface area is 336 Å². The summed E-state index contributed by atoms with van der Waals surface area (Å²) in [5.41, 5.74) is 2.68. The number of aromatic amines is 1. The number of imidazole rings is 1. The highest BCUT2D eigenvalue weighted by Gasteiger charge is 2.41. The number of amides is 4. The first-order valence-corrected chi connectivity index (χ1v) is 20.3. The zero-order valence-electron chi connectivity index (χ0n) is 34.3. The minimum absolute atomic E-state index is 0.0316. The number of H-pyrrole nitrogens is 1. The molecule has 2 saturated heterocycles. The molecule has 13 nitrogen and oxygen atoms in total. The highest BCUT2D eigenvalue weighted by Crippen LogP contribution is 2.37. The summed E-state index contributed by atoms with van der Waals surface area (Å²) in [4.78, 5) is 65.5. The molecule has 2 aromatic carbocycles. The van der Waals surface area contributed by atoms with Crippen LogP contribution in [0, 0.1) is 17.6 Å². The average molecular weight is 808 g/mol. The summed E-state index contributed by atoms with van der Waals surface area (Å²) in [6.45, 7) is 9.35. The maximum Gasteiger partial charge on any atom is 0.245 e. The van der Waals surface area contributed by atoms with E-state index in [1.54, 1.807) is 40.1 Å². The van der Waals surface area contributed by atoms with Gasteiger partial charge in [-0.2, -0.15) is 0 Å². The Balaban J connectivity index is 1.39. The number of halogens is 3. The third-order valence-electron chi connectivity index (χ3n) is 11.8. The molecule has 0 bridgehead atoms.